The zero-order valence-electron chi connectivity index (χ0n) is 19.4. The number of pyridine rings is 1. The van der Waals surface area contributed by atoms with Crippen molar-refractivity contribution in [1.29, 1.82) is 0 Å². The summed E-state index contributed by atoms with van der Waals surface area (Å²) in [5, 5.41) is 4.92. The number of hydrogen-bond acceptors (Lipinski definition) is 7. The van der Waals surface area contributed by atoms with Crippen molar-refractivity contribution in [2.45, 2.75) is 36.9 Å². The van der Waals surface area contributed by atoms with E-state index in [0.29, 0.717) is 30.1 Å². The van der Waals surface area contributed by atoms with Gasteiger partial charge in [-0.1, -0.05) is 29.8 Å². The molecule has 0 radical (unpaired) electrons. The Balaban J connectivity index is 1.34. The van der Waals surface area contributed by atoms with Crippen LogP contribution >= 0.6 is 0 Å². The highest BCUT2D eigenvalue weighted by atomic mass is 32.2. The van der Waals surface area contributed by atoms with Crippen LogP contribution in [0.5, 0.6) is 0 Å². The number of fused-ring (bicyclic) bond motifs is 2. The normalized spacial score (nSPS) is 22.9. The number of likely N-dealkylation sites (tertiary alicyclic amines) is 1. The van der Waals surface area contributed by atoms with E-state index in [-0.39, 0.29) is 5.75 Å². The van der Waals surface area contributed by atoms with E-state index in [1.165, 1.54) is 5.56 Å². The van der Waals surface area contributed by atoms with Gasteiger partial charge in [0, 0.05) is 49.4 Å². The minimum Gasteiger partial charge on any atom is -0.380 e. The summed E-state index contributed by atoms with van der Waals surface area (Å²) in [6.45, 7) is 6.82. The molecular formula is C26H30N4O3S. The minimum absolute atomic E-state index is 0.0848. The van der Waals surface area contributed by atoms with E-state index in [4.69, 9.17) is 9.72 Å². The standard InChI is InChI=1S/C26H30N4O3S/c1-18-6-7-23-22(12-18)24(27-20-8-9-29(15-20)21-16-33-17-21)13-26(28-23)30-10-11-34(31,32)25-5-3-2-4-19(25)14-30/h2-7,12-13,20-21H,8-11,14-17H2,1H3,(H,27,28). The van der Waals surface area contributed by atoms with Gasteiger partial charge in [0.25, 0.3) is 0 Å². The van der Waals surface area contributed by atoms with Gasteiger partial charge in [-0.05, 0) is 37.1 Å². The third-order valence-corrected chi connectivity index (χ3v) is 9.08. The van der Waals surface area contributed by atoms with Crippen LogP contribution in [0.3, 0.4) is 0 Å². The van der Waals surface area contributed by atoms with Crippen molar-refractivity contribution in [2.75, 3.05) is 48.8 Å². The Morgan fingerprint density at radius 2 is 1.94 bits per heavy atom. The molecule has 178 valence electrons. The number of hydrogen-bond donors (Lipinski definition) is 1. The molecule has 8 heteroatoms. The Kier molecular flexibility index (Phi) is 5.47. The third-order valence-electron chi connectivity index (χ3n) is 7.29. The molecule has 0 spiro atoms. The van der Waals surface area contributed by atoms with Crippen LogP contribution in [0.1, 0.15) is 17.5 Å². The van der Waals surface area contributed by atoms with Crippen LogP contribution in [0, 0.1) is 6.92 Å². The number of anilines is 2. The van der Waals surface area contributed by atoms with Crippen LogP contribution in [-0.2, 0) is 21.1 Å². The molecular weight excluding hydrogens is 448 g/mol. The summed E-state index contributed by atoms with van der Waals surface area (Å²) in [4.78, 5) is 10.0. The van der Waals surface area contributed by atoms with Crippen LogP contribution < -0.4 is 10.2 Å². The van der Waals surface area contributed by atoms with E-state index in [1.807, 2.05) is 12.1 Å². The van der Waals surface area contributed by atoms with Gasteiger partial charge in [0.1, 0.15) is 5.82 Å². The number of benzene rings is 2. The van der Waals surface area contributed by atoms with Crippen molar-refractivity contribution in [3.63, 3.8) is 0 Å². The molecule has 0 bridgehead atoms. The molecule has 1 N–H and O–H groups in total. The van der Waals surface area contributed by atoms with Gasteiger partial charge >= 0.3 is 0 Å². The topological polar surface area (TPSA) is 74.8 Å². The monoisotopic (exact) mass is 478 g/mol. The molecule has 3 aromatic rings. The zero-order valence-corrected chi connectivity index (χ0v) is 20.2. The van der Waals surface area contributed by atoms with Gasteiger partial charge in [0.2, 0.25) is 0 Å². The molecule has 34 heavy (non-hydrogen) atoms. The Bertz CT molecular complexity index is 1340. The maximum absolute atomic E-state index is 12.9. The molecule has 3 aliphatic rings. The molecule has 4 heterocycles. The average Bonchev–Trinajstić information content (AvgIpc) is 3.17. The SMILES string of the molecule is Cc1ccc2nc(N3CCS(=O)(=O)c4ccccc4C3)cc(NC3CCN(C4COC4)C3)c2c1. The van der Waals surface area contributed by atoms with Gasteiger partial charge in [-0.15, -0.1) is 0 Å². The number of aromatic nitrogens is 1. The number of nitrogens with zero attached hydrogens (tertiary/aromatic N) is 3. The number of ether oxygens (including phenoxy) is 1. The largest absolute Gasteiger partial charge is 0.380 e. The lowest BCUT2D eigenvalue weighted by molar-refractivity contribution is -0.0571. The van der Waals surface area contributed by atoms with E-state index in [0.717, 1.165) is 60.7 Å². The first kappa shape index (κ1) is 21.8. The molecule has 2 saturated heterocycles. The van der Waals surface area contributed by atoms with Gasteiger partial charge in [0.05, 0.1) is 35.4 Å². The van der Waals surface area contributed by atoms with Gasteiger partial charge in [-0.25, -0.2) is 13.4 Å². The highest BCUT2D eigenvalue weighted by molar-refractivity contribution is 7.91. The van der Waals surface area contributed by atoms with Crippen LogP contribution in [0.15, 0.2) is 53.4 Å². The van der Waals surface area contributed by atoms with E-state index < -0.39 is 9.84 Å². The van der Waals surface area contributed by atoms with Crippen LogP contribution in [0.4, 0.5) is 11.5 Å². The van der Waals surface area contributed by atoms with Crippen molar-refractivity contribution in [3.8, 4) is 0 Å². The molecule has 7 nitrogen and oxygen atoms in total. The molecule has 0 saturated carbocycles. The summed E-state index contributed by atoms with van der Waals surface area (Å²) >= 11 is 0. The predicted molar refractivity (Wildman–Crippen MR) is 134 cm³/mol. The average molecular weight is 479 g/mol. The van der Waals surface area contributed by atoms with Crippen molar-refractivity contribution in [1.82, 2.24) is 9.88 Å². The molecule has 3 aliphatic heterocycles. The Hall–Kier alpha value is -2.68. The third kappa shape index (κ3) is 4.04. The Morgan fingerprint density at radius 1 is 1.09 bits per heavy atom. The second-order valence-electron chi connectivity index (χ2n) is 9.71. The van der Waals surface area contributed by atoms with E-state index in [9.17, 15) is 8.42 Å². The molecule has 6 rings (SSSR count). The molecule has 2 aromatic carbocycles. The van der Waals surface area contributed by atoms with Crippen molar-refractivity contribution >= 4 is 32.2 Å². The first-order chi connectivity index (χ1) is 16.5. The van der Waals surface area contributed by atoms with Gasteiger partial charge in [-0.2, -0.15) is 0 Å². The molecule has 0 amide bonds. The van der Waals surface area contributed by atoms with E-state index in [2.05, 4.69) is 46.3 Å². The molecule has 1 unspecified atom stereocenters. The number of aryl methyl sites for hydroxylation is 1. The van der Waals surface area contributed by atoms with Crippen molar-refractivity contribution in [2.24, 2.45) is 0 Å². The highest BCUT2D eigenvalue weighted by Crippen LogP contribution is 2.32. The van der Waals surface area contributed by atoms with Crippen molar-refractivity contribution in [3.05, 3.63) is 59.7 Å². The molecule has 0 aliphatic carbocycles. The van der Waals surface area contributed by atoms with Crippen LogP contribution in [0.25, 0.3) is 10.9 Å². The van der Waals surface area contributed by atoms with Gasteiger partial charge in [-0.3, -0.25) is 4.90 Å². The Morgan fingerprint density at radius 3 is 2.76 bits per heavy atom. The maximum Gasteiger partial charge on any atom is 0.180 e. The number of rotatable bonds is 4. The summed E-state index contributed by atoms with van der Waals surface area (Å²) < 4.78 is 31.1. The first-order valence-electron chi connectivity index (χ1n) is 12.0. The summed E-state index contributed by atoms with van der Waals surface area (Å²) in [7, 11) is -3.31. The van der Waals surface area contributed by atoms with Gasteiger partial charge in [0.15, 0.2) is 9.84 Å². The van der Waals surface area contributed by atoms with E-state index >= 15 is 0 Å². The summed E-state index contributed by atoms with van der Waals surface area (Å²) in [6.07, 6.45) is 1.09. The molecule has 1 aromatic heterocycles. The first-order valence-corrected chi connectivity index (χ1v) is 13.7. The lowest BCUT2D eigenvalue weighted by Crippen LogP contribution is -2.48. The second-order valence-corrected chi connectivity index (χ2v) is 11.8. The smallest absolute Gasteiger partial charge is 0.180 e. The molecule has 1 atom stereocenters. The lowest BCUT2D eigenvalue weighted by atomic mass is 10.1. The van der Waals surface area contributed by atoms with Crippen molar-refractivity contribution < 1.29 is 13.2 Å². The van der Waals surface area contributed by atoms with E-state index in [1.54, 1.807) is 12.1 Å². The molecule has 2 fully saturated rings. The predicted octanol–water partition coefficient (Wildman–Crippen LogP) is 3.22. The van der Waals surface area contributed by atoms with Crippen LogP contribution in [0.2, 0.25) is 0 Å². The summed E-state index contributed by atoms with van der Waals surface area (Å²) in [6, 6.07) is 16.7. The zero-order chi connectivity index (χ0) is 23.3. The number of nitrogens with one attached hydrogen (secondary N) is 1. The lowest BCUT2D eigenvalue weighted by Gasteiger charge is -2.34. The van der Waals surface area contributed by atoms with Gasteiger partial charge < -0.3 is 15.0 Å². The Labute approximate surface area is 200 Å². The maximum atomic E-state index is 12.9. The van der Waals surface area contributed by atoms with Crippen LogP contribution in [-0.4, -0.2) is 69.0 Å². The fourth-order valence-electron chi connectivity index (χ4n) is 5.26. The minimum atomic E-state index is -3.31. The summed E-state index contributed by atoms with van der Waals surface area (Å²) in [5.41, 5.74) is 4.02. The number of sulfone groups is 1. The fraction of sp³-hybridized carbons (Fsp3) is 0.423. The highest BCUT2D eigenvalue weighted by Gasteiger charge is 2.33. The quantitative estimate of drug-likeness (QED) is 0.617. The summed E-state index contributed by atoms with van der Waals surface area (Å²) in [5.74, 6) is 0.898. The second kappa shape index (κ2) is 8.52. The fourth-order valence-corrected chi connectivity index (χ4v) is 6.75.